The number of likely N-dealkylation sites (N-methyl/N-ethyl adjacent to an activating group) is 1. The molecule has 1 N–H and O–H groups in total. The van der Waals surface area contributed by atoms with Crippen molar-refractivity contribution in [3.8, 4) is 0 Å². The first-order valence-electron chi connectivity index (χ1n) is 5.02. The van der Waals surface area contributed by atoms with Crippen LogP contribution in [0.3, 0.4) is 0 Å². The van der Waals surface area contributed by atoms with Gasteiger partial charge in [0.2, 0.25) is 0 Å². The van der Waals surface area contributed by atoms with E-state index in [1.165, 1.54) is 5.01 Å². The van der Waals surface area contributed by atoms with Crippen LogP contribution in [-0.2, 0) is 17.8 Å². The lowest BCUT2D eigenvalue weighted by molar-refractivity contribution is 0.121. The Morgan fingerprint density at radius 2 is 2.43 bits per heavy atom. The van der Waals surface area contributed by atoms with Gasteiger partial charge in [-0.25, -0.2) is 4.98 Å². The van der Waals surface area contributed by atoms with Crippen molar-refractivity contribution < 1.29 is 4.74 Å². The number of hydrogen-bond acceptors (Lipinski definition) is 4. The highest BCUT2D eigenvalue weighted by Crippen LogP contribution is 2.12. The number of thiazole rings is 1. The maximum absolute atomic E-state index is 5.43. The molecule has 0 fully saturated rings. The molecule has 0 aromatic carbocycles. The van der Waals surface area contributed by atoms with E-state index in [0.29, 0.717) is 6.61 Å². The molecule has 0 aliphatic rings. The number of nitrogens with zero attached hydrogens (tertiary/aromatic N) is 1. The summed E-state index contributed by atoms with van der Waals surface area (Å²) in [4.78, 5) is 4.47. The summed E-state index contributed by atoms with van der Waals surface area (Å²) in [5.41, 5.74) is 1.06. The molecule has 1 aromatic rings. The van der Waals surface area contributed by atoms with Gasteiger partial charge in [0.15, 0.2) is 0 Å². The van der Waals surface area contributed by atoms with Gasteiger partial charge in [0.25, 0.3) is 0 Å². The molecule has 0 atom stereocenters. The number of rotatable bonds is 7. The zero-order valence-electron chi connectivity index (χ0n) is 8.88. The molecule has 0 aliphatic heterocycles. The van der Waals surface area contributed by atoms with Crippen molar-refractivity contribution in [2.45, 2.75) is 26.4 Å². The molecule has 1 rings (SSSR count). The maximum atomic E-state index is 5.43. The van der Waals surface area contributed by atoms with Crippen molar-refractivity contribution >= 4 is 11.3 Å². The van der Waals surface area contributed by atoms with Gasteiger partial charge < -0.3 is 10.1 Å². The summed E-state index contributed by atoms with van der Waals surface area (Å²) in [5.74, 6) is 0. The van der Waals surface area contributed by atoms with Crippen LogP contribution < -0.4 is 5.32 Å². The lowest BCUT2D eigenvalue weighted by Gasteiger charge is -2.00. The molecule has 14 heavy (non-hydrogen) atoms. The van der Waals surface area contributed by atoms with Crippen LogP contribution in [0.2, 0.25) is 0 Å². The second-order valence-electron chi connectivity index (χ2n) is 3.14. The lowest BCUT2D eigenvalue weighted by atomic mass is 10.3. The summed E-state index contributed by atoms with van der Waals surface area (Å²) in [6.45, 7) is 4.45. The van der Waals surface area contributed by atoms with E-state index in [1.807, 2.05) is 7.05 Å². The van der Waals surface area contributed by atoms with Crippen molar-refractivity contribution in [1.82, 2.24) is 10.3 Å². The minimum absolute atomic E-state index is 0.641. The fourth-order valence-corrected chi connectivity index (χ4v) is 1.98. The van der Waals surface area contributed by atoms with E-state index >= 15 is 0 Å². The molecule has 80 valence electrons. The fraction of sp³-hybridized carbons (Fsp3) is 0.700. The highest BCUT2D eigenvalue weighted by atomic mass is 32.1. The van der Waals surface area contributed by atoms with Gasteiger partial charge in [0.1, 0.15) is 0 Å². The van der Waals surface area contributed by atoms with Gasteiger partial charge in [0, 0.05) is 11.9 Å². The summed E-state index contributed by atoms with van der Waals surface area (Å²) in [6.07, 6.45) is 2.24. The average Bonchev–Trinajstić information content (AvgIpc) is 2.61. The molecular weight excluding hydrogens is 196 g/mol. The quantitative estimate of drug-likeness (QED) is 0.703. The van der Waals surface area contributed by atoms with E-state index in [1.54, 1.807) is 11.3 Å². The minimum atomic E-state index is 0.641. The zero-order valence-corrected chi connectivity index (χ0v) is 9.69. The van der Waals surface area contributed by atoms with Gasteiger partial charge in [-0.3, -0.25) is 0 Å². The molecule has 1 heterocycles. The van der Waals surface area contributed by atoms with Crippen molar-refractivity contribution in [2.75, 3.05) is 20.2 Å². The van der Waals surface area contributed by atoms with E-state index in [4.69, 9.17) is 4.74 Å². The van der Waals surface area contributed by atoms with Crippen LogP contribution in [0.5, 0.6) is 0 Å². The predicted octanol–water partition coefficient (Wildman–Crippen LogP) is 1.83. The molecule has 0 radical (unpaired) electrons. The topological polar surface area (TPSA) is 34.1 Å². The molecule has 3 nitrogen and oxygen atoms in total. The van der Waals surface area contributed by atoms with Gasteiger partial charge in [-0.2, -0.15) is 0 Å². The van der Waals surface area contributed by atoms with E-state index in [2.05, 4.69) is 22.6 Å². The van der Waals surface area contributed by atoms with Gasteiger partial charge in [-0.15, -0.1) is 11.3 Å². The van der Waals surface area contributed by atoms with Crippen LogP contribution in [-0.4, -0.2) is 25.2 Å². The third-order valence-corrected chi connectivity index (χ3v) is 2.77. The van der Waals surface area contributed by atoms with Gasteiger partial charge in [-0.1, -0.05) is 6.92 Å². The van der Waals surface area contributed by atoms with Crippen LogP contribution in [0.4, 0.5) is 0 Å². The highest BCUT2D eigenvalue weighted by molar-refractivity contribution is 7.09. The van der Waals surface area contributed by atoms with Gasteiger partial charge in [0.05, 0.1) is 23.9 Å². The Balaban J connectivity index is 2.22. The normalized spacial score (nSPS) is 10.7. The largest absolute Gasteiger partial charge is 0.374 e. The fourth-order valence-electron chi connectivity index (χ4n) is 1.09. The summed E-state index contributed by atoms with van der Waals surface area (Å²) < 4.78 is 5.43. The first-order chi connectivity index (χ1) is 6.86. The number of ether oxygens (including phenoxy) is 1. The van der Waals surface area contributed by atoms with Crippen LogP contribution in [0, 0.1) is 0 Å². The third-order valence-electron chi connectivity index (χ3n) is 1.81. The second kappa shape index (κ2) is 6.92. The highest BCUT2D eigenvalue weighted by Gasteiger charge is 2.00. The molecular formula is C10H18N2OS. The summed E-state index contributed by atoms with van der Waals surface area (Å²) in [6, 6.07) is 0. The molecule has 0 spiro atoms. The molecule has 0 amide bonds. The van der Waals surface area contributed by atoms with Gasteiger partial charge >= 0.3 is 0 Å². The van der Waals surface area contributed by atoms with E-state index in [0.717, 1.165) is 31.7 Å². The van der Waals surface area contributed by atoms with Crippen molar-refractivity contribution in [3.63, 3.8) is 0 Å². The number of hydrogen-bond donors (Lipinski definition) is 1. The van der Waals surface area contributed by atoms with Crippen LogP contribution in [0.1, 0.15) is 24.0 Å². The van der Waals surface area contributed by atoms with E-state index in [-0.39, 0.29) is 0 Å². The smallest absolute Gasteiger partial charge is 0.0929 e. The minimum Gasteiger partial charge on any atom is -0.374 e. The lowest BCUT2D eigenvalue weighted by Crippen LogP contribution is -2.14. The second-order valence-corrected chi connectivity index (χ2v) is 4.08. The zero-order chi connectivity index (χ0) is 10.2. The predicted molar refractivity (Wildman–Crippen MR) is 59.7 cm³/mol. The van der Waals surface area contributed by atoms with Crippen LogP contribution >= 0.6 is 11.3 Å². The van der Waals surface area contributed by atoms with Crippen LogP contribution in [0.25, 0.3) is 0 Å². The average molecular weight is 214 g/mol. The molecule has 1 aromatic heterocycles. The molecule has 0 saturated heterocycles. The van der Waals surface area contributed by atoms with E-state index < -0.39 is 0 Å². The monoisotopic (exact) mass is 214 g/mol. The van der Waals surface area contributed by atoms with Crippen LogP contribution in [0.15, 0.2) is 5.38 Å². The van der Waals surface area contributed by atoms with Gasteiger partial charge in [-0.05, 0) is 19.9 Å². The Bertz CT molecular complexity index is 250. The Kier molecular flexibility index (Phi) is 5.75. The summed E-state index contributed by atoms with van der Waals surface area (Å²) >= 11 is 1.73. The molecule has 4 heteroatoms. The van der Waals surface area contributed by atoms with Crippen molar-refractivity contribution in [2.24, 2.45) is 0 Å². The first kappa shape index (κ1) is 11.6. The number of aromatic nitrogens is 1. The Labute approximate surface area is 89.5 Å². The molecule has 0 bridgehead atoms. The Morgan fingerprint density at radius 1 is 1.57 bits per heavy atom. The Hall–Kier alpha value is -0.450. The standard InChI is InChI=1S/C10H18N2OS/c1-3-4-10-12-9(8-14-10)7-13-6-5-11-2/h8,11H,3-7H2,1-2H3. The SMILES string of the molecule is CCCc1nc(COCCNC)cs1. The molecule has 0 saturated carbocycles. The molecule has 0 aliphatic carbocycles. The van der Waals surface area contributed by atoms with Crippen molar-refractivity contribution in [1.29, 1.82) is 0 Å². The third kappa shape index (κ3) is 4.17. The first-order valence-corrected chi connectivity index (χ1v) is 5.90. The summed E-state index contributed by atoms with van der Waals surface area (Å²) in [7, 11) is 1.92. The van der Waals surface area contributed by atoms with Crippen molar-refractivity contribution in [3.05, 3.63) is 16.1 Å². The number of nitrogens with one attached hydrogen (secondary N) is 1. The maximum Gasteiger partial charge on any atom is 0.0929 e. The molecule has 0 unspecified atom stereocenters. The summed E-state index contributed by atoms with van der Waals surface area (Å²) in [5, 5.41) is 6.35. The van der Waals surface area contributed by atoms with E-state index in [9.17, 15) is 0 Å². The number of aryl methyl sites for hydroxylation is 1. The Morgan fingerprint density at radius 3 is 3.14 bits per heavy atom.